The number of benzene rings is 1. The van der Waals surface area contributed by atoms with E-state index < -0.39 is 0 Å². The van der Waals surface area contributed by atoms with E-state index >= 15 is 0 Å². The number of rotatable bonds is 1. The van der Waals surface area contributed by atoms with Crippen molar-refractivity contribution in [2.45, 2.75) is 6.92 Å². The molecule has 0 aliphatic heterocycles. The average Bonchev–Trinajstić information content (AvgIpc) is 2.75. The molecule has 84 valence electrons. The van der Waals surface area contributed by atoms with Crippen molar-refractivity contribution in [3.05, 3.63) is 58.4 Å². The number of nitrogens with one attached hydrogen (secondary N) is 1. The summed E-state index contributed by atoms with van der Waals surface area (Å²) >= 11 is 0. The fourth-order valence-corrected chi connectivity index (χ4v) is 1.76. The summed E-state index contributed by atoms with van der Waals surface area (Å²) in [4.78, 5) is 16.0. The molecule has 0 unspecified atom stereocenters. The molecule has 2 heterocycles. The second-order valence-corrected chi connectivity index (χ2v) is 4.00. The molecule has 2 aromatic heterocycles. The number of aryl methyl sites for hydroxylation is 1. The van der Waals surface area contributed by atoms with Crippen LogP contribution in [0.1, 0.15) is 5.56 Å². The number of hydrogen-bond donors (Lipinski definition) is 1. The predicted octanol–water partition coefficient (Wildman–Crippen LogP) is 2.00. The van der Waals surface area contributed by atoms with Gasteiger partial charge in [-0.25, -0.2) is 4.98 Å². The molecule has 3 aromatic rings. The summed E-state index contributed by atoms with van der Waals surface area (Å²) in [5.74, 6) is 0.702. The zero-order valence-corrected chi connectivity index (χ0v) is 9.34. The van der Waals surface area contributed by atoms with Gasteiger partial charge in [-0.3, -0.25) is 9.89 Å². The highest BCUT2D eigenvalue weighted by molar-refractivity contribution is 5.58. The van der Waals surface area contributed by atoms with Crippen molar-refractivity contribution in [3.8, 4) is 11.4 Å². The van der Waals surface area contributed by atoms with E-state index in [1.165, 1.54) is 16.1 Å². The van der Waals surface area contributed by atoms with Gasteiger partial charge in [0, 0.05) is 11.6 Å². The van der Waals surface area contributed by atoms with Crippen molar-refractivity contribution in [1.82, 2.24) is 14.6 Å². The van der Waals surface area contributed by atoms with Gasteiger partial charge in [-0.1, -0.05) is 35.9 Å². The Morgan fingerprint density at radius 1 is 1.12 bits per heavy atom. The van der Waals surface area contributed by atoms with Gasteiger partial charge in [-0.2, -0.15) is 4.52 Å². The molecule has 0 aliphatic rings. The molecule has 1 aromatic carbocycles. The fraction of sp³-hybridized carbons (Fsp3) is 0.0769. The van der Waals surface area contributed by atoms with Gasteiger partial charge in [-0.05, 0) is 13.0 Å². The molecule has 3 rings (SSSR count). The van der Waals surface area contributed by atoms with E-state index in [0.29, 0.717) is 11.5 Å². The lowest BCUT2D eigenvalue weighted by Crippen LogP contribution is -2.11. The summed E-state index contributed by atoms with van der Waals surface area (Å²) in [6.45, 7) is 2.03. The number of aromatic nitrogens is 3. The van der Waals surface area contributed by atoms with Crippen LogP contribution in [-0.4, -0.2) is 14.6 Å². The van der Waals surface area contributed by atoms with Crippen LogP contribution in [0.3, 0.4) is 0 Å². The highest BCUT2D eigenvalue weighted by atomic mass is 16.1. The Kier molecular flexibility index (Phi) is 2.08. The van der Waals surface area contributed by atoms with Crippen molar-refractivity contribution < 1.29 is 0 Å². The van der Waals surface area contributed by atoms with E-state index in [1.54, 1.807) is 12.1 Å². The van der Waals surface area contributed by atoms with Crippen LogP contribution >= 0.6 is 0 Å². The maximum Gasteiger partial charge on any atom is 0.271 e. The Labute approximate surface area is 97.5 Å². The van der Waals surface area contributed by atoms with Gasteiger partial charge in [0.25, 0.3) is 5.56 Å². The molecular formula is C13H11N3O. The standard InChI is InChI=1S/C13H11N3O/c1-9-5-7-10(8-6-9)13-14-11-3-2-4-12(17)16(11)15-13/h2-8H,1H3,(H,14,15). The Balaban J connectivity index is 2.21. The van der Waals surface area contributed by atoms with Crippen molar-refractivity contribution in [2.75, 3.05) is 0 Å². The molecular weight excluding hydrogens is 214 g/mol. The Bertz CT molecular complexity index is 722. The third-order valence-electron chi connectivity index (χ3n) is 2.70. The van der Waals surface area contributed by atoms with Crippen LogP contribution in [0.25, 0.3) is 17.0 Å². The van der Waals surface area contributed by atoms with E-state index in [1.807, 2.05) is 31.2 Å². The quantitative estimate of drug-likeness (QED) is 0.688. The zero-order chi connectivity index (χ0) is 11.8. The molecule has 0 saturated carbocycles. The van der Waals surface area contributed by atoms with E-state index in [-0.39, 0.29) is 5.56 Å². The molecule has 0 atom stereocenters. The van der Waals surface area contributed by atoms with E-state index in [0.717, 1.165) is 5.56 Å². The minimum absolute atomic E-state index is 0.103. The number of aromatic amines is 1. The molecule has 0 bridgehead atoms. The molecule has 17 heavy (non-hydrogen) atoms. The third-order valence-corrected chi connectivity index (χ3v) is 2.70. The molecule has 0 spiro atoms. The number of fused-ring (bicyclic) bond motifs is 1. The van der Waals surface area contributed by atoms with Gasteiger partial charge < -0.3 is 0 Å². The average molecular weight is 225 g/mol. The molecule has 0 fully saturated rings. The van der Waals surface area contributed by atoms with Crippen molar-refractivity contribution in [3.63, 3.8) is 0 Å². The molecule has 0 radical (unpaired) electrons. The Morgan fingerprint density at radius 3 is 2.59 bits per heavy atom. The number of pyridine rings is 1. The normalized spacial score (nSPS) is 10.9. The first-order valence-electron chi connectivity index (χ1n) is 5.39. The third kappa shape index (κ3) is 1.63. The first kappa shape index (κ1) is 9.84. The summed E-state index contributed by atoms with van der Waals surface area (Å²) in [5.41, 5.74) is 2.70. The smallest absolute Gasteiger partial charge is 0.271 e. The van der Waals surface area contributed by atoms with Crippen LogP contribution in [-0.2, 0) is 0 Å². The predicted molar refractivity (Wildman–Crippen MR) is 66.0 cm³/mol. The van der Waals surface area contributed by atoms with Crippen LogP contribution < -0.4 is 5.56 Å². The highest BCUT2D eigenvalue weighted by Gasteiger charge is 2.05. The second kappa shape index (κ2) is 3.59. The van der Waals surface area contributed by atoms with Crippen molar-refractivity contribution in [1.29, 1.82) is 0 Å². The minimum atomic E-state index is -0.103. The minimum Gasteiger partial charge on any atom is -0.272 e. The Hall–Kier alpha value is -2.36. The summed E-state index contributed by atoms with van der Waals surface area (Å²) in [5, 5.41) is 2.99. The summed E-state index contributed by atoms with van der Waals surface area (Å²) in [7, 11) is 0. The summed E-state index contributed by atoms with van der Waals surface area (Å²) < 4.78 is 1.44. The number of H-pyrrole nitrogens is 1. The van der Waals surface area contributed by atoms with Gasteiger partial charge in [0.15, 0.2) is 11.5 Å². The fourth-order valence-electron chi connectivity index (χ4n) is 1.76. The lowest BCUT2D eigenvalue weighted by atomic mass is 10.1. The summed E-state index contributed by atoms with van der Waals surface area (Å²) in [6, 6.07) is 13.0. The molecule has 1 N–H and O–H groups in total. The number of nitrogens with zero attached hydrogens (tertiary/aromatic N) is 2. The van der Waals surface area contributed by atoms with E-state index in [9.17, 15) is 4.79 Å². The van der Waals surface area contributed by atoms with Crippen molar-refractivity contribution in [2.24, 2.45) is 0 Å². The molecule has 0 amide bonds. The van der Waals surface area contributed by atoms with Gasteiger partial charge in [-0.15, -0.1) is 0 Å². The molecule has 0 aliphatic carbocycles. The van der Waals surface area contributed by atoms with Gasteiger partial charge in [0.1, 0.15) is 0 Å². The largest absolute Gasteiger partial charge is 0.272 e. The lowest BCUT2D eigenvalue weighted by Gasteiger charge is -1.96. The van der Waals surface area contributed by atoms with Crippen LogP contribution in [0.5, 0.6) is 0 Å². The Morgan fingerprint density at radius 2 is 1.88 bits per heavy atom. The maximum atomic E-state index is 11.6. The molecule has 0 saturated heterocycles. The first-order valence-corrected chi connectivity index (χ1v) is 5.39. The van der Waals surface area contributed by atoms with Gasteiger partial charge in [0.2, 0.25) is 0 Å². The maximum absolute atomic E-state index is 11.6. The topological polar surface area (TPSA) is 50.2 Å². The van der Waals surface area contributed by atoms with Crippen LogP contribution in [0.4, 0.5) is 0 Å². The number of hydrogen-bond acceptors (Lipinski definition) is 2. The van der Waals surface area contributed by atoms with Crippen LogP contribution in [0, 0.1) is 6.92 Å². The van der Waals surface area contributed by atoms with Gasteiger partial charge in [0.05, 0.1) is 0 Å². The van der Waals surface area contributed by atoms with E-state index in [2.05, 4.69) is 10.1 Å². The zero-order valence-electron chi connectivity index (χ0n) is 9.34. The molecule has 4 nitrogen and oxygen atoms in total. The van der Waals surface area contributed by atoms with Crippen LogP contribution in [0.2, 0.25) is 0 Å². The van der Waals surface area contributed by atoms with Crippen LogP contribution in [0.15, 0.2) is 47.3 Å². The van der Waals surface area contributed by atoms with Gasteiger partial charge >= 0.3 is 0 Å². The van der Waals surface area contributed by atoms with Crippen molar-refractivity contribution >= 4 is 5.65 Å². The monoisotopic (exact) mass is 225 g/mol. The lowest BCUT2D eigenvalue weighted by molar-refractivity contribution is 0.924. The molecule has 4 heteroatoms. The van der Waals surface area contributed by atoms with E-state index in [4.69, 9.17) is 0 Å². The SMILES string of the molecule is Cc1ccc(-c2nc3cccc(=O)n3[nH]2)cc1. The second-order valence-electron chi connectivity index (χ2n) is 4.00. The highest BCUT2D eigenvalue weighted by Crippen LogP contribution is 2.15. The summed E-state index contributed by atoms with van der Waals surface area (Å²) in [6.07, 6.45) is 0. The first-order chi connectivity index (χ1) is 8.24.